The number of nitrogens with zero attached hydrogens (tertiary/aromatic N) is 1. The molecule has 4 aromatic carbocycles. The molecule has 1 aliphatic rings. The maximum atomic E-state index is 13.9. The number of carbonyl (C=O) groups excluding carboxylic acids is 2. The van der Waals surface area contributed by atoms with Crippen molar-refractivity contribution in [3.05, 3.63) is 142 Å². The van der Waals surface area contributed by atoms with Crippen molar-refractivity contribution in [2.24, 2.45) is 5.92 Å². The van der Waals surface area contributed by atoms with E-state index in [2.05, 4.69) is 0 Å². The van der Waals surface area contributed by atoms with Gasteiger partial charge in [-0.25, -0.2) is 4.39 Å². The first kappa shape index (κ1) is 33.1. The van der Waals surface area contributed by atoms with E-state index in [1.54, 1.807) is 41.3 Å². The maximum absolute atomic E-state index is 13.9. The van der Waals surface area contributed by atoms with Gasteiger partial charge >= 0.3 is 6.18 Å². The number of rotatable bonds is 12. The van der Waals surface area contributed by atoms with Crippen LogP contribution >= 0.6 is 0 Å². The van der Waals surface area contributed by atoms with Gasteiger partial charge in [0.05, 0.1) is 17.7 Å². The van der Waals surface area contributed by atoms with Gasteiger partial charge in [0.1, 0.15) is 5.82 Å². The van der Waals surface area contributed by atoms with Crippen molar-refractivity contribution in [3.63, 3.8) is 0 Å². The third-order valence-electron chi connectivity index (χ3n) is 8.73. The molecular formula is C38H37F4NO3. The molecule has 4 nitrogen and oxygen atoms in total. The zero-order valence-electron chi connectivity index (χ0n) is 25.4. The molecule has 8 heteroatoms. The van der Waals surface area contributed by atoms with Gasteiger partial charge in [0, 0.05) is 24.1 Å². The summed E-state index contributed by atoms with van der Waals surface area (Å²) in [6, 6.07) is 27.3. The van der Waals surface area contributed by atoms with Gasteiger partial charge in [-0.3, -0.25) is 9.59 Å². The number of carbonyl (C=O) groups is 2. The number of aliphatic hydroxyl groups excluding tert-OH is 1. The Kier molecular flexibility index (Phi) is 10.7. The quantitative estimate of drug-likeness (QED) is 0.126. The van der Waals surface area contributed by atoms with Crippen molar-refractivity contribution in [3.8, 4) is 0 Å². The van der Waals surface area contributed by atoms with Crippen LogP contribution in [0.3, 0.4) is 0 Å². The molecule has 1 fully saturated rings. The minimum atomic E-state index is -4.42. The average molecular weight is 632 g/mol. The Morgan fingerprint density at radius 1 is 0.848 bits per heavy atom. The Labute approximate surface area is 266 Å². The third kappa shape index (κ3) is 8.49. The molecule has 1 N–H and O–H groups in total. The predicted octanol–water partition coefficient (Wildman–Crippen LogP) is 8.64. The normalized spacial score (nSPS) is 16.3. The van der Waals surface area contributed by atoms with Gasteiger partial charge in [-0.1, -0.05) is 72.8 Å². The van der Waals surface area contributed by atoms with Crippen molar-refractivity contribution in [1.82, 2.24) is 4.90 Å². The van der Waals surface area contributed by atoms with Crippen LogP contribution in [0.2, 0.25) is 0 Å². The molecule has 1 unspecified atom stereocenters. The fourth-order valence-electron chi connectivity index (χ4n) is 6.33. The molecule has 0 aliphatic carbocycles. The van der Waals surface area contributed by atoms with Gasteiger partial charge in [0.25, 0.3) is 5.91 Å². The zero-order chi connectivity index (χ0) is 32.7. The smallest absolute Gasteiger partial charge is 0.393 e. The van der Waals surface area contributed by atoms with Crippen molar-refractivity contribution >= 4 is 11.7 Å². The van der Waals surface area contributed by atoms with Gasteiger partial charge < -0.3 is 10.0 Å². The first-order valence-electron chi connectivity index (χ1n) is 15.7. The number of halogens is 4. The van der Waals surface area contributed by atoms with Gasteiger partial charge in [-0.05, 0) is 91.5 Å². The standard InChI is InChI=1S/C38H37F4NO3/c39-33-17-7-13-28(24-33)34-18-8-20-43(34)37(46)30-15-6-14-29(23-30)36(45)25-31(21-26-9-2-1-3-10-26)35(44)19-5-12-27-11-4-16-32(22-27)38(40,41)42/h1-4,6-7,9-11,13-17,22-24,31,34-35,44H,5,8,12,18-21,25H2/t31-,34?,35-/m1/s1. The lowest BCUT2D eigenvalue weighted by Gasteiger charge is -2.25. The molecule has 5 rings (SSSR count). The number of benzene rings is 4. The minimum absolute atomic E-state index is 0.0346. The fraction of sp³-hybridized carbons (Fsp3) is 0.316. The van der Waals surface area contributed by atoms with Crippen LogP contribution in [0.15, 0.2) is 103 Å². The van der Waals surface area contributed by atoms with Crippen LogP contribution in [0.5, 0.6) is 0 Å². The second-order valence-electron chi connectivity index (χ2n) is 12.0. The van der Waals surface area contributed by atoms with E-state index in [0.29, 0.717) is 48.9 Å². The van der Waals surface area contributed by atoms with E-state index in [1.165, 1.54) is 18.2 Å². The van der Waals surface area contributed by atoms with Crippen LogP contribution in [0.25, 0.3) is 0 Å². The zero-order valence-corrected chi connectivity index (χ0v) is 25.4. The highest BCUT2D eigenvalue weighted by atomic mass is 19.4. The first-order valence-corrected chi connectivity index (χ1v) is 15.7. The lowest BCUT2D eigenvalue weighted by atomic mass is 9.85. The predicted molar refractivity (Wildman–Crippen MR) is 169 cm³/mol. The van der Waals surface area contributed by atoms with E-state index in [-0.39, 0.29) is 30.0 Å². The molecule has 0 bridgehead atoms. The number of hydrogen-bond acceptors (Lipinski definition) is 3. The van der Waals surface area contributed by atoms with E-state index >= 15 is 0 Å². The number of aliphatic hydroxyl groups is 1. The van der Waals surface area contributed by atoms with Crippen LogP contribution in [0, 0.1) is 11.7 Å². The average Bonchev–Trinajstić information content (AvgIpc) is 3.54. The second kappa shape index (κ2) is 14.9. The largest absolute Gasteiger partial charge is 0.416 e. The number of hydrogen-bond donors (Lipinski definition) is 1. The van der Waals surface area contributed by atoms with Crippen molar-refractivity contribution in [2.75, 3.05) is 6.54 Å². The van der Waals surface area contributed by atoms with Crippen molar-refractivity contribution < 1.29 is 32.3 Å². The molecule has 0 saturated carbocycles. The van der Waals surface area contributed by atoms with Crippen LogP contribution < -0.4 is 0 Å². The summed E-state index contributed by atoms with van der Waals surface area (Å²) < 4.78 is 53.3. The van der Waals surface area contributed by atoms with E-state index in [4.69, 9.17) is 0 Å². The summed E-state index contributed by atoms with van der Waals surface area (Å²) in [4.78, 5) is 28.9. The van der Waals surface area contributed by atoms with E-state index in [0.717, 1.165) is 36.1 Å². The SMILES string of the molecule is O=C(C[C@@H](Cc1ccccc1)[C@H](O)CCCc1cccc(C(F)(F)F)c1)c1cccc(C(=O)N2CCCC2c2cccc(F)c2)c1. The lowest BCUT2D eigenvalue weighted by molar-refractivity contribution is -0.137. The van der Waals surface area contributed by atoms with Crippen molar-refractivity contribution in [2.45, 2.75) is 63.3 Å². The molecule has 46 heavy (non-hydrogen) atoms. The summed E-state index contributed by atoms with van der Waals surface area (Å²) in [6.45, 7) is 0.532. The molecule has 1 saturated heterocycles. The van der Waals surface area contributed by atoms with E-state index < -0.39 is 23.8 Å². The van der Waals surface area contributed by atoms with Gasteiger partial charge in [0.15, 0.2) is 5.78 Å². The number of aryl methyl sites for hydroxylation is 1. The summed E-state index contributed by atoms with van der Waals surface area (Å²) in [5.74, 6) is -1.23. The molecule has 4 aromatic rings. The number of amides is 1. The van der Waals surface area contributed by atoms with Gasteiger partial charge in [-0.2, -0.15) is 13.2 Å². The Hall–Kier alpha value is -4.30. The van der Waals surface area contributed by atoms with Gasteiger partial charge in [0.2, 0.25) is 0 Å². The van der Waals surface area contributed by atoms with Crippen LogP contribution in [0.4, 0.5) is 17.6 Å². The summed E-state index contributed by atoms with van der Waals surface area (Å²) in [5.41, 5.74) is 2.27. The fourth-order valence-corrected chi connectivity index (χ4v) is 6.33. The van der Waals surface area contributed by atoms with Gasteiger partial charge in [-0.15, -0.1) is 0 Å². The summed E-state index contributed by atoms with van der Waals surface area (Å²) in [5, 5.41) is 11.3. The summed E-state index contributed by atoms with van der Waals surface area (Å²) in [6.07, 6.45) is -2.16. The molecule has 3 atom stereocenters. The van der Waals surface area contributed by atoms with Crippen LogP contribution in [-0.2, 0) is 19.0 Å². The monoisotopic (exact) mass is 631 g/mol. The molecule has 0 radical (unpaired) electrons. The number of Topliss-reactive ketones (excluding diaryl/α,β-unsaturated/α-hetero) is 1. The summed E-state index contributed by atoms with van der Waals surface area (Å²) in [7, 11) is 0. The molecular weight excluding hydrogens is 594 g/mol. The number of ketones is 1. The molecule has 1 heterocycles. The van der Waals surface area contributed by atoms with Crippen molar-refractivity contribution in [1.29, 1.82) is 0 Å². The molecule has 0 aromatic heterocycles. The Bertz CT molecular complexity index is 1640. The highest BCUT2D eigenvalue weighted by molar-refractivity contribution is 6.01. The van der Waals surface area contributed by atoms with Crippen LogP contribution in [0.1, 0.15) is 81.1 Å². The van der Waals surface area contributed by atoms with Crippen LogP contribution in [-0.4, -0.2) is 34.3 Å². The molecule has 0 spiro atoms. The number of likely N-dealkylation sites (tertiary alicyclic amines) is 1. The minimum Gasteiger partial charge on any atom is -0.393 e. The van der Waals surface area contributed by atoms with E-state index in [9.17, 15) is 32.3 Å². The lowest BCUT2D eigenvalue weighted by Crippen LogP contribution is -2.30. The second-order valence-corrected chi connectivity index (χ2v) is 12.0. The molecule has 240 valence electrons. The first-order chi connectivity index (χ1) is 22.1. The highest BCUT2D eigenvalue weighted by Gasteiger charge is 2.32. The Morgan fingerprint density at radius 3 is 2.33 bits per heavy atom. The summed E-state index contributed by atoms with van der Waals surface area (Å²) >= 11 is 0. The maximum Gasteiger partial charge on any atom is 0.416 e. The van der Waals surface area contributed by atoms with E-state index in [1.807, 2.05) is 36.4 Å². The topological polar surface area (TPSA) is 57.6 Å². The molecule has 1 amide bonds. The molecule has 1 aliphatic heterocycles. The Balaban J connectivity index is 1.27. The Morgan fingerprint density at radius 2 is 1.57 bits per heavy atom. The number of alkyl halides is 3. The third-order valence-corrected chi connectivity index (χ3v) is 8.73. The highest BCUT2D eigenvalue weighted by Crippen LogP contribution is 2.34.